The maximum Gasteiger partial charge on any atom is 0.195 e. The summed E-state index contributed by atoms with van der Waals surface area (Å²) in [6.07, 6.45) is 10.3. The molecule has 0 N–H and O–H groups in total. The van der Waals surface area contributed by atoms with E-state index < -0.39 is 5.79 Å². The van der Waals surface area contributed by atoms with E-state index in [-0.39, 0.29) is 12.2 Å². The first-order chi connectivity index (χ1) is 11.5. The van der Waals surface area contributed by atoms with Crippen LogP contribution in [0.1, 0.15) is 91.5 Å². The van der Waals surface area contributed by atoms with Crippen LogP contribution in [0.2, 0.25) is 0 Å². The van der Waals surface area contributed by atoms with Gasteiger partial charge in [-0.15, -0.1) is 0 Å². The Labute approximate surface area is 149 Å². The van der Waals surface area contributed by atoms with Gasteiger partial charge in [0.05, 0.1) is 12.2 Å². The first kappa shape index (κ1) is 21.2. The van der Waals surface area contributed by atoms with Crippen molar-refractivity contribution in [3.8, 4) is 0 Å². The summed E-state index contributed by atoms with van der Waals surface area (Å²) in [5.41, 5.74) is 1.14. The Kier molecular flexibility index (Phi) is 10.3. The van der Waals surface area contributed by atoms with E-state index in [1.54, 1.807) is 0 Å². The predicted molar refractivity (Wildman–Crippen MR) is 103 cm³/mol. The minimum absolute atomic E-state index is 0.133. The van der Waals surface area contributed by atoms with Crippen LogP contribution in [0.25, 0.3) is 0 Å². The Hall–Kier alpha value is -0.860. The molecular formula is C22H38O2. The zero-order valence-electron chi connectivity index (χ0n) is 16.5. The van der Waals surface area contributed by atoms with Gasteiger partial charge < -0.3 is 9.47 Å². The van der Waals surface area contributed by atoms with E-state index in [0.29, 0.717) is 0 Å². The van der Waals surface area contributed by atoms with Crippen molar-refractivity contribution in [3.05, 3.63) is 35.9 Å². The molecule has 1 rings (SSSR count). The molecule has 0 spiro atoms. The summed E-state index contributed by atoms with van der Waals surface area (Å²) >= 11 is 0. The second kappa shape index (κ2) is 11.7. The molecule has 0 saturated heterocycles. The average molecular weight is 335 g/mol. The van der Waals surface area contributed by atoms with E-state index in [2.05, 4.69) is 58.9 Å². The summed E-state index contributed by atoms with van der Waals surface area (Å²) in [4.78, 5) is 0. The molecule has 0 fully saturated rings. The maximum atomic E-state index is 6.36. The van der Waals surface area contributed by atoms with E-state index in [0.717, 1.165) is 18.4 Å². The maximum absolute atomic E-state index is 6.36. The topological polar surface area (TPSA) is 18.5 Å². The molecule has 0 atom stereocenters. The van der Waals surface area contributed by atoms with Gasteiger partial charge in [-0.1, -0.05) is 75.8 Å². The quantitative estimate of drug-likeness (QED) is 0.291. The molecule has 0 unspecified atom stereocenters. The Bertz CT molecular complexity index is 401. The van der Waals surface area contributed by atoms with E-state index in [1.807, 2.05) is 6.07 Å². The van der Waals surface area contributed by atoms with E-state index in [1.165, 1.54) is 38.5 Å². The van der Waals surface area contributed by atoms with Crippen molar-refractivity contribution < 1.29 is 9.47 Å². The minimum atomic E-state index is -0.618. The van der Waals surface area contributed by atoms with E-state index >= 15 is 0 Å². The van der Waals surface area contributed by atoms with Gasteiger partial charge in [-0.05, 0) is 34.1 Å². The van der Waals surface area contributed by atoms with Crippen molar-refractivity contribution in [2.45, 2.75) is 104 Å². The Morgan fingerprint density at radius 1 is 0.750 bits per heavy atom. The first-order valence-corrected chi connectivity index (χ1v) is 9.91. The van der Waals surface area contributed by atoms with Crippen LogP contribution < -0.4 is 0 Å². The number of benzene rings is 1. The van der Waals surface area contributed by atoms with Crippen molar-refractivity contribution in [2.75, 3.05) is 0 Å². The highest BCUT2D eigenvalue weighted by atomic mass is 16.7. The van der Waals surface area contributed by atoms with Gasteiger partial charge in [0.25, 0.3) is 0 Å². The molecule has 1 aromatic carbocycles. The fourth-order valence-electron chi connectivity index (χ4n) is 3.19. The SMILES string of the molecule is CCCCCCCCCC(OC(C)C)(OC(C)C)c1ccccc1. The van der Waals surface area contributed by atoms with Crippen molar-refractivity contribution in [2.24, 2.45) is 0 Å². The van der Waals surface area contributed by atoms with Crippen LogP contribution in [0.3, 0.4) is 0 Å². The number of hydrogen-bond donors (Lipinski definition) is 0. The number of rotatable bonds is 13. The van der Waals surface area contributed by atoms with Crippen molar-refractivity contribution in [1.29, 1.82) is 0 Å². The molecule has 0 aliphatic carbocycles. The third-order valence-corrected chi connectivity index (χ3v) is 4.18. The molecule has 0 radical (unpaired) electrons. The lowest BCUT2D eigenvalue weighted by atomic mass is 9.97. The van der Waals surface area contributed by atoms with Crippen LogP contribution in [-0.4, -0.2) is 12.2 Å². The largest absolute Gasteiger partial charge is 0.343 e. The molecule has 0 bridgehead atoms. The summed E-state index contributed by atoms with van der Waals surface area (Å²) < 4.78 is 12.7. The molecule has 0 aromatic heterocycles. The molecular weight excluding hydrogens is 296 g/mol. The van der Waals surface area contributed by atoms with Gasteiger partial charge in [0, 0.05) is 12.0 Å². The van der Waals surface area contributed by atoms with Crippen molar-refractivity contribution in [1.82, 2.24) is 0 Å². The zero-order chi connectivity index (χ0) is 17.8. The molecule has 1 aromatic rings. The third kappa shape index (κ3) is 7.81. The van der Waals surface area contributed by atoms with Gasteiger partial charge in [-0.3, -0.25) is 0 Å². The van der Waals surface area contributed by atoms with Crippen LogP contribution in [0.5, 0.6) is 0 Å². The van der Waals surface area contributed by atoms with E-state index in [4.69, 9.17) is 9.47 Å². The van der Waals surface area contributed by atoms with Crippen LogP contribution in [0.4, 0.5) is 0 Å². The summed E-state index contributed by atoms with van der Waals surface area (Å²) in [5, 5.41) is 0. The molecule has 0 aliphatic heterocycles. The monoisotopic (exact) mass is 334 g/mol. The molecule has 138 valence electrons. The molecule has 2 nitrogen and oxygen atoms in total. The summed E-state index contributed by atoms with van der Waals surface area (Å²) in [5.74, 6) is -0.618. The molecule has 0 saturated carbocycles. The minimum Gasteiger partial charge on any atom is -0.343 e. The van der Waals surface area contributed by atoms with Crippen LogP contribution in [-0.2, 0) is 15.3 Å². The highest BCUT2D eigenvalue weighted by Gasteiger charge is 2.35. The smallest absolute Gasteiger partial charge is 0.195 e. The predicted octanol–water partition coefficient (Wildman–Crippen LogP) is 6.83. The molecule has 0 heterocycles. The van der Waals surface area contributed by atoms with Gasteiger partial charge in [0.2, 0.25) is 0 Å². The van der Waals surface area contributed by atoms with E-state index in [9.17, 15) is 0 Å². The van der Waals surface area contributed by atoms with Gasteiger partial charge in [-0.25, -0.2) is 0 Å². The lowest BCUT2D eigenvalue weighted by molar-refractivity contribution is -0.282. The molecule has 24 heavy (non-hydrogen) atoms. The molecule has 0 aliphatic rings. The number of unbranched alkanes of at least 4 members (excludes halogenated alkanes) is 6. The third-order valence-electron chi connectivity index (χ3n) is 4.18. The second-order valence-electron chi connectivity index (χ2n) is 7.32. The van der Waals surface area contributed by atoms with Gasteiger partial charge in [0.1, 0.15) is 0 Å². The highest BCUT2D eigenvalue weighted by Crippen LogP contribution is 2.35. The molecule has 0 amide bonds. The second-order valence-corrected chi connectivity index (χ2v) is 7.32. The zero-order valence-corrected chi connectivity index (χ0v) is 16.5. The lowest BCUT2D eigenvalue weighted by Crippen LogP contribution is -2.38. The normalized spacial score (nSPS) is 12.3. The van der Waals surface area contributed by atoms with Gasteiger partial charge in [0.15, 0.2) is 5.79 Å². The molecule has 2 heteroatoms. The standard InChI is InChI=1S/C22H38O2/c1-6-7-8-9-10-11-15-18-22(23-19(2)3,24-20(4)5)21-16-13-12-14-17-21/h12-14,16-17,19-20H,6-11,15,18H2,1-5H3. The summed E-state index contributed by atoms with van der Waals surface area (Å²) in [6, 6.07) is 10.5. The van der Waals surface area contributed by atoms with Crippen LogP contribution in [0.15, 0.2) is 30.3 Å². The lowest BCUT2D eigenvalue weighted by Gasteiger charge is -2.37. The Balaban J connectivity index is 2.72. The fraction of sp³-hybridized carbons (Fsp3) is 0.727. The highest BCUT2D eigenvalue weighted by molar-refractivity contribution is 5.20. The first-order valence-electron chi connectivity index (χ1n) is 9.91. The number of hydrogen-bond acceptors (Lipinski definition) is 2. The van der Waals surface area contributed by atoms with Crippen LogP contribution in [0, 0.1) is 0 Å². The number of ether oxygens (including phenoxy) is 2. The Morgan fingerprint density at radius 3 is 1.75 bits per heavy atom. The van der Waals surface area contributed by atoms with Crippen molar-refractivity contribution in [3.63, 3.8) is 0 Å². The summed E-state index contributed by atoms with van der Waals surface area (Å²) in [7, 11) is 0. The van der Waals surface area contributed by atoms with Gasteiger partial charge >= 0.3 is 0 Å². The van der Waals surface area contributed by atoms with Gasteiger partial charge in [-0.2, -0.15) is 0 Å². The fourth-order valence-corrected chi connectivity index (χ4v) is 3.19. The van der Waals surface area contributed by atoms with Crippen molar-refractivity contribution >= 4 is 0 Å². The average Bonchev–Trinajstić information content (AvgIpc) is 2.53. The van der Waals surface area contributed by atoms with Crippen LogP contribution >= 0.6 is 0 Å². The summed E-state index contributed by atoms with van der Waals surface area (Å²) in [6.45, 7) is 10.6. The Morgan fingerprint density at radius 2 is 1.25 bits per heavy atom.